The standard InChI is InChI=1S/C6H4BrFN2O2/c7-6-5(8)2-1-4(9-6)3-10(11)12/h1-2H,3H2. The third-order valence-corrected chi connectivity index (χ3v) is 1.71. The minimum absolute atomic E-state index is 0.00171. The molecule has 1 aromatic heterocycles. The molecule has 0 bridgehead atoms. The molecular weight excluding hydrogens is 231 g/mol. The molecule has 0 saturated carbocycles. The van der Waals surface area contributed by atoms with Crippen LogP contribution in [0, 0.1) is 15.9 Å². The van der Waals surface area contributed by atoms with Crippen LogP contribution in [-0.2, 0) is 6.54 Å². The Labute approximate surface area is 75.7 Å². The van der Waals surface area contributed by atoms with Gasteiger partial charge in [-0.3, -0.25) is 10.1 Å². The maximum atomic E-state index is 12.6. The maximum absolute atomic E-state index is 12.6. The predicted molar refractivity (Wildman–Crippen MR) is 42.6 cm³/mol. The minimum atomic E-state index is -0.526. The van der Waals surface area contributed by atoms with Crippen LogP contribution in [0.4, 0.5) is 4.39 Å². The second-order valence-electron chi connectivity index (χ2n) is 2.07. The third kappa shape index (κ3) is 2.23. The van der Waals surface area contributed by atoms with Crippen LogP contribution in [-0.4, -0.2) is 9.91 Å². The van der Waals surface area contributed by atoms with Crippen LogP contribution in [0.15, 0.2) is 16.7 Å². The van der Waals surface area contributed by atoms with E-state index in [1.807, 2.05) is 0 Å². The molecule has 1 aromatic rings. The number of nitro groups is 1. The van der Waals surface area contributed by atoms with Gasteiger partial charge in [0, 0.05) is 4.92 Å². The van der Waals surface area contributed by atoms with E-state index in [0.717, 1.165) is 6.07 Å². The summed E-state index contributed by atoms with van der Waals surface area (Å²) < 4.78 is 12.6. The van der Waals surface area contributed by atoms with E-state index in [9.17, 15) is 14.5 Å². The molecule has 0 saturated heterocycles. The van der Waals surface area contributed by atoms with Gasteiger partial charge in [-0.05, 0) is 28.1 Å². The molecule has 12 heavy (non-hydrogen) atoms. The Bertz CT molecular complexity index is 318. The lowest BCUT2D eigenvalue weighted by molar-refractivity contribution is -0.497. The number of nitrogens with zero attached hydrogens (tertiary/aromatic N) is 2. The van der Waals surface area contributed by atoms with Crippen molar-refractivity contribution < 1.29 is 9.31 Å². The second-order valence-corrected chi connectivity index (χ2v) is 2.82. The maximum Gasteiger partial charge on any atom is 0.245 e. The van der Waals surface area contributed by atoms with Crippen molar-refractivity contribution in [3.8, 4) is 0 Å². The zero-order valence-electron chi connectivity index (χ0n) is 5.83. The van der Waals surface area contributed by atoms with Gasteiger partial charge in [-0.25, -0.2) is 9.37 Å². The molecule has 0 aliphatic rings. The zero-order valence-corrected chi connectivity index (χ0v) is 7.41. The molecule has 0 aromatic carbocycles. The van der Waals surface area contributed by atoms with Crippen molar-refractivity contribution >= 4 is 15.9 Å². The number of aromatic nitrogens is 1. The van der Waals surface area contributed by atoms with E-state index in [-0.39, 0.29) is 10.3 Å². The number of hydrogen-bond acceptors (Lipinski definition) is 3. The predicted octanol–water partition coefficient (Wildman–Crippen LogP) is 1.76. The molecule has 0 N–H and O–H groups in total. The molecule has 0 radical (unpaired) electrons. The van der Waals surface area contributed by atoms with Crippen molar-refractivity contribution in [1.29, 1.82) is 0 Å². The lowest BCUT2D eigenvalue weighted by atomic mass is 10.3. The number of halogens is 2. The van der Waals surface area contributed by atoms with E-state index < -0.39 is 17.3 Å². The van der Waals surface area contributed by atoms with E-state index in [2.05, 4.69) is 20.9 Å². The first kappa shape index (κ1) is 9.05. The Balaban J connectivity index is 2.89. The highest BCUT2D eigenvalue weighted by Gasteiger charge is 2.06. The van der Waals surface area contributed by atoms with E-state index in [1.165, 1.54) is 6.07 Å². The molecule has 1 rings (SSSR count). The van der Waals surface area contributed by atoms with Crippen molar-refractivity contribution in [2.24, 2.45) is 0 Å². The average molecular weight is 235 g/mol. The van der Waals surface area contributed by atoms with Crippen molar-refractivity contribution in [2.75, 3.05) is 0 Å². The van der Waals surface area contributed by atoms with Crippen LogP contribution >= 0.6 is 15.9 Å². The monoisotopic (exact) mass is 234 g/mol. The summed E-state index contributed by atoms with van der Waals surface area (Å²) in [5, 5.41) is 10.0. The summed E-state index contributed by atoms with van der Waals surface area (Å²) in [5.41, 5.74) is 0.230. The van der Waals surface area contributed by atoms with E-state index >= 15 is 0 Å². The first-order valence-electron chi connectivity index (χ1n) is 3.02. The highest BCUT2D eigenvalue weighted by atomic mass is 79.9. The zero-order chi connectivity index (χ0) is 9.14. The fraction of sp³-hybridized carbons (Fsp3) is 0.167. The summed E-state index contributed by atoms with van der Waals surface area (Å²) in [6.45, 7) is -0.390. The van der Waals surface area contributed by atoms with Gasteiger partial charge in [0.15, 0.2) is 5.82 Å². The van der Waals surface area contributed by atoms with Crippen LogP contribution < -0.4 is 0 Å². The van der Waals surface area contributed by atoms with Gasteiger partial charge >= 0.3 is 0 Å². The first-order valence-corrected chi connectivity index (χ1v) is 3.81. The molecule has 0 spiro atoms. The molecule has 0 amide bonds. The molecule has 64 valence electrons. The smallest absolute Gasteiger partial charge is 0.245 e. The van der Waals surface area contributed by atoms with E-state index in [1.54, 1.807) is 0 Å². The summed E-state index contributed by atoms with van der Waals surface area (Å²) in [6.07, 6.45) is 0. The molecule has 6 heteroatoms. The van der Waals surface area contributed by atoms with Gasteiger partial charge in [0.25, 0.3) is 0 Å². The lowest BCUT2D eigenvalue weighted by Crippen LogP contribution is -2.01. The Morgan fingerprint density at radius 1 is 1.67 bits per heavy atom. The average Bonchev–Trinajstić information content (AvgIpc) is 1.96. The van der Waals surface area contributed by atoms with Crippen molar-refractivity contribution in [1.82, 2.24) is 4.98 Å². The first-order chi connectivity index (χ1) is 5.59. The van der Waals surface area contributed by atoms with Crippen LogP contribution in [0.2, 0.25) is 0 Å². The lowest BCUT2D eigenvalue weighted by Gasteiger charge is -1.95. The largest absolute Gasteiger partial charge is 0.264 e. The van der Waals surface area contributed by atoms with Gasteiger partial charge in [0.2, 0.25) is 6.54 Å². The number of rotatable bonds is 2. The fourth-order valence-corrected chi connectivity index (χ4v) is 1.04. The highest BCUT2D eigenvalue weighted by Crippen LogP contribution is 2.12. The van der Waals surface area contributed by atoms with Crippen molar-refractivity contribution in [3.63, 3.8) is 0 Å². The van der Waals surface area contributed by atoms with Crippen molar-refractivity contribution in [3.05, 3.63) is 38.4 Å². The van der Waals surface area contributed by atoms with Gasteiger partial charge < -0.3 is 0 Å². The minimum Gasteiger partial charge on any atom is -0.264 e. The topological polar surface area (TPSA) is 56.0 Å². The van der Waals surface area contributed by atoms with E-state index in [0.29, 0.717) is 0 Å². The summed E-state index contributed by atoms with van der Waals surface area (Å²) in [7, 11) is 0. The van der Waals surface area contributed by atoms with Gasteiger partial charge in [0.05, 0.1) is 0 Å². The second kappa shape index (κ2) is 3.57. The number of hydrogen-bond donors (Lipinski definition) is 0. The van der Waals surface area contributed by atoms with Gasteiger partial charge in [-0.15, -0.1) is 0 Å². The molecule has 0 fully saturated rings. The normalized spacial score (nSPS) is 9.83. The summed E-state index contributed by atoms with van der Waals surface area (Å²) in [5.74, 6) is -0.526. The number of pyridine rings is 1. The van der Waals surface area contributed by atoms with Crippen LogP contribution in [0.1, 0.15) is 5.69 Å². The van der Waals surface area contributed by atoms with E-state index in [4.69, 9.17) is 0 Å². The van der Waals surface area contributed by atoms with Gasteiger partial charge in [-0.2, -0.15) is 0 Å². The fourth-order valence-electron chi connectivity index (χ4n) is 0.675. The van der Waals surface area contributed by atoms with Crippen LogP contribution in [0.3, 0.4) is 0 Å². The molecule has 0 aliphatic heterocycles. The molecule has 0 aliphatic carbocycles. The summed E-state index contributed by atoms with van der Waals surface area (Å²) >= 11 is 2.83. The molecular formula is C6H4BrFN2O2. The highest BCUT2D eigenvalue weighted by molar-refractivity contribution is 9.10. The van der Waals surface area contributed by atoms with Gasteiger partial charge in [0.1, 0.15) is 10.3 Å². The summed E-state index contributed by atoms with van der Waals surface area (Å²) in [6, 6.07) is 2.42. The Morgan fingerprint density at radius 3 is 2.83 bits per heavy atom. The van der Waals surface area contributed by atoms with Crippen LogP contribution in [0.5, 0.6) is 0 Å². The molecule has 4 nitrogen and oxygen atoms in total. The SMILES string of the molecule is O=[N+]([O-])Cc1ccc(F)c(Br)n1. The summed E-state index contributed by atoms with van der Waals surface area (Å²) in [4.78, 5) is 13.1. The quantitative estimate of drug-likeness (QED) is 0.445. The molecule has 0 atom stereocenters. The van der Waals surface area contributed by atoms with Gasteiger partial charge in [-0.1, -0.05) is 0 Å². The molecule has 1 heterocycles. The Morgan fingerprint density at radius 2 is 2.33 bits per heavy atom. The Hall–Kier alpha value is -1.04. The molecule has 0 unspecified atom stereocenters. The third-order valence-electron chi connectivity index (χ3n) is 1.15. The van der Waals surface area contributed by atoms with Crippen LogP contribution in [0.25, 0.3) is 0 Å². The Kier molecular flexibility index (Phi) is 2.69. The van der Waals surface area contributed by atoms with Crippen molar-refractivity contribution in [2.45, 2.75) is 6.54 Å².